The molecule has 0 saturated heterocycles. The maximum Gasteiger partial charge on any atom is 0.170 e. The van der Waals surface area contributed by atoms with E-state index in [2.05, 4.69) is 31.0 Å². The largest absolute Gasteiger partial charge is 0.265 e. The highest BCUT2D eigenvalue weighted by molar-refractivity contribution is 9.10. The van der Waals surface area contributed by atoms with Gasteiger partial charge in [0, 0.05) is 29.8 Å². The van der Waals surface area contributed by atoms with Crippen LogP contribution in [0.5, 0.6) is 0 Å². The maximum absolute atomic E-state index is 4.50. The average molecular weight is 289 g/mol. The number of hydrogen-bond donors (Lipinski definition) is 0. The van der Waals surface area contributed by atoms with Crippen molar-refractivity contribution in [2.24, 2.45) is 0 Å². The highest BCUT2D eigenvalue weighted by atomic mass is 79.9. The van der Waals surface area contributed by atoms with Crippen molar-refractivity contribution >= 4 is 21.6 Å². The zero-order valence-electron chi connectivity index (χ0n) is 9.13. The van der Waals surface area contributed by atoms with E-state index < -0.39 is 0 Å². The Labute approximate surface area is 106 Å². The minimum Gasteiger partial charge on any atom is -0.265 e. The molecule has 0 N–H and O–H groups in total. The van der Waals surface area contributed by atoms with Crippen molar-refractivity contribution in [3.8, 4) is 11.3 Å². The van der Waals surface area contributed by atoms with Crippen LogP contribution in [0.3, 0.4) is 0 Å². The molecule has 0 amide bonds. The van der Waals surface area contributed by atoms with E-state index >= 15 is 0 Å². The van der Waals surface area contributed by atoms with Crippen molar-refractivity contribution in [3.05, 3.63) is 47.0 Å². The molecular weight excluding hydrogens is 280 g/mol. The Balaban J connectivity index is 2.28. The number of pyridine rings is 1. The smallest absolute Gasteiger partial charge is 0.170 e. The van der Waals surface area contributed by atoms with E-state index in [1.165, 1.54) is 0 Å². The van der Waals surface area contributed by atoms with Crippen molar-refractivity contribution in [2.45, 2.75) is 6.92 Å². The number of hydrogen-bond acceptors (Lipinski definition) is 3. The van der Waals surface area contributed by atoms with Gasteiger partial charge in [0.15, 0.2) is 5.65 Å². The standard InChI is InChI=1S/C12H9BrN4/c1-8-4-7-17-12(15-8)10(13)11(16-17)9-2-5-14-6-3-9/h2-7H,1H3. The average Bonchev–Trinajstić information content (AvgIpc) is 2.68. The molecule has 3 aromatic heterocycles. The maximum atomic E-state index is 4.50. The summed E-state index contributed by atoms with van der Waals surface area (Å²) in [5, 5.41) is 4.50. The van der Waals surface area contributed by atoms with Crippen molar-refractivity contribution in [3.63, 3.8) is 0 Å². The molecule has 0 atom stereocenters. The van der Waals surface area contributed by atoms with Gasteiger partial charge in [-0.3, -0.25) is 4.98 Å². The molecule has 0 bridgehead atoms. The van der Waals surface area contributed by atoms with Gasteiger partial charge in [0.05, 0.1) is 4.47 Å². The summed E-state index contributed by atoms with van der Waals surface area (Å²) in [5.74, 6) is 0. The normalized spacial score (nSPS) is 10.9. The molecule has 0 fully saturated rings. The second kappa shape index (κ2) is 3.92. The first-order chi connectivity index (χ1) is 8.25. The van der Waals surface area contributed by atoms with Crippen molar-refractivity contribution in [2.75, 3.05) is 0 Å². The van der Waals surface area contributed by atoms with E-state index in [1.807, 2.05) is 31.3 Å². The third-order valence-corrected chi connectivity index (χ3v) is 3.25. The van der Waals surface area contributed by atoms with Crippen LogP contribution < -0.4 is 0 Å². The fraction of sp³-hybridized carbons (Fsp3) is 0.0833. The second-order valence-electron chi connectivity index (χ2n) is 3.74. The molecule has 0 radical (unpaired) electrons. The molecule has 17 heavy (non-hydrogen) atoms. The lowest BCUT2D eigenvalue weighted by Gasteiger charge is -1.94. The van der Waals surface area contributed by atoms with Crippen molar-refractivity contribution < 1.29 is 0 Å². The van der Waals surface area contributed by atoms with Crippen LogP contribution in [-0.4, -0.2) is 19.6 Å². The third-order valence-electron chi connectivity index (χ3n) is 2.52. The Hall–Kier alpha value is -1.75. The van der Waals surface area contributed by atoms with Gasteiger partial charge in [-0.15, -0.1) is 0 Å². The molecule has 0 saturated carbocycles. The van der Waals surface area contributed by atoms with Crippen molar-refractivity contribution in [1.29, 1.82) is 0 Å². The third kappa shape index (κ3) is 1.72. The Morgan fingerprint density at radius 3 is 2.71 bits per heavy atom. The summed E-state index contributed by atoms with van der Waals surface area (Å²) in [7, 11) is 0. The highest BCUT2D eigenvalue weighted by Crippen LogP contribution is 2.29. The van der Waals surface area contributed by atoms with Crippen molar-refractivity contribution in [1.82, 2.24) is 19.6 Å². The van der Waals surface area contributed by atoms with E-state index in [9.17, 15) is 0 Å². The summed E-state index contributed by atoms with van der Waals surface area (Å²) in [5.41, 5.74) is 3.71. The second-order valence-corrected chi connectivity index (χ2v) is 4.53. The van der Waals surface area contributed by atoms with E-state index in [4.69, 9.17) is 0 Å². The summed E-state index contributed by atoms with van der Waals surface area (Å²) < 4.78 is 2.68. The Bertz CT molecular complexity index is 676. The van der Waals surface area contributed by atoms with E-state index in [-0.39, 0.29) is 0 Å². The molecule has 0 aliphatic carbocycles. The SMILES string of the molecule is Cc1ccn2nc(-c3ccncc3)c(Br)c2n1. The predicted octanol–water partition coefficient (Wildman–Crippen LogP) is 2.86. The molecule has 84 valence electrons. The number of fused-ring (bicyclic) bond motifs is 1. The van der Waals surface area contributed by atoms with Gasteiger partial charge < -0.3 is 0 Å². The fourth-order valence-electron chi connectivity index (χ4n) is 1.69. The van der Waals surface area contributed by atoms with Gasteiger partial charge in [-0.2, -0.15) is 5.10 Å². The summed E-state index contributed by atoms with van der Waals surface area (Å²) in [6.07, 6.45) is 5.42. The molecule has 0 aromatic carbocycles. The summed E-state index contributed by atoms with van der Waals surface area (Å²) in [4.78, 5) is 8.46. The monoisotopic (exact) mass is 288 g/mol. The minimum atomic E-state index is 0.830. The zero-order chi connectivity index (χ0) is 11.8. The van der Waals surface area contributed by atoms with Gasteiger partial charge in [-0.05, 0) is 41.1 Å². The van der Waals surface area contributed by atoms with Crippen LogP contribution >= 0.6 is 15.9 Å². The van der Waals surface area contributed by atoms with E-state index in [0.717, 1.165) is 27.1 Å². The molecule has 0 aliphatic rings. The Morgan fingerprint density at radius 2 is 1.94 bits per heavy atom. The minimum absolute atomic E-state index is 0.830. The summed E-state index contributed by atoms with van der Waals surface area (Å²) in [6.45, 7) is 1.96. The van der Waals surface area contributed by atoms with Crippen LogP contribution in [0.4, 0.5) is 0 Å². The highest BCUT2D eigenvalue weighted by Gasteiger charge is 2.12. The Kier molecular flexibility index (Phi) is 2.40. The van der Waals surface area contributed by atoms with Crippen LogP contribution in [0.2, 0.25) is 0 Å². The first kappa shape index (κ1) is 10.4. The lowest BCUT2D eigenvalue weighted by atomic mass is 10.2. The van der Waals surface area contributed by atoms with Crippen LogP contribution in [0.25, 0.3) is 16.9 Å². The molecular formula is C12H9BrN4. The van der Waals surface area contributed by atoms with E-state index in [1.54, 1.807) is 16.9 Å². The van der Waals surface area contributed by atoms with Gasteiger partial charge in [0.1, 0.15) is 5.69 Å². The van der Waals surface area contributed by atoms with Gasteiger partial charge >= 0.3 is 0 Å². The van der Waals surface area contributed by atoms with Crippen LogP contribution in [0.1, 0.15) is 5.69 Å². The van der Waals surface area contributed by atoms with Crippen LogP contribution in [-0.2, 0) is 0 Å². The number of nitrogens with zero attached hydrogens (tertiary/aromatic N) is 4. The molecule has 3 aromatic rings. The Morgan fingerprint density at radius 1 is 1.18 bits per heavy atom. The lowest BCUT2D eigenvalue weighted by molar-refractivity contribution is 0.933. The quantitative estimate of drug-likeness (QED) is 0.692. The lowest BCUT2D eigenvalue weighted by Crippen LogP contribution is -1.90. The van der Waals surface area contributed by atoms with Crippen LogP contribution in [0, 0.1) is 6.92 Å². The number of halogens is 1. The number of rotatable bonds is 1. The molecule has 0 unspecified atom stereocenters. The fourth-order valence-corrected chi connectivity index (χ4v) is 2.27. The van der Waals surface area contributed by atoms with Gasteiger partial charge in [0.2, 0.25) is 0 Å². The molecule has 3 rings (SSSR count). The summed E-state index contributed by atoms with van der Waals surface area (Å²) in [6, 6.07) is 5.79. The van der Waals surface area contributed by atoms with Gasteiger partial charge in [-0.25, -0.2) is 9.50 Å². The topological polar surface area (TPSA) is 43.1 Å². The van der Waals surface area contributed by atoms with Crippen LogP contribution in [0.15, 0.2) is 41.3 Å². The van der Waals surface area contributed by atoms with E-state index in [0.29, 0.717) is 0 Å². The molecule has 0 spiro atoms. The van der Waals surface area contributed by atoms with Gasteiger partial charge in [-0.1, -0.05) is 0 Å². The molecule has 3 heterocycles. The molecule has 0 aliphatic heterocycles. The molecule has 5 heteroatoms. The number of aromatic nitrogens is 4. The van der Waals surface area contributed by atoms with Gasteiger partial charge in [0.25, 0.3) is 0 Å². The first-order valence-electron chi connectivity index (χ1n) is 5.17. The predicted molar refractivity (Wildman–Crippen MR) is 68.7 cm³/mol. The molecule has 4 nitrogen and oxygen atoms in total. The first-order valence-corrected chi connectivity index (χ1v) is 5.97. The zero-order valence-corrected chi connectivity index (χ0v) is 10.7. The summed E-state index contributed by atoms with van der Waals surface area (Å²) >= 11 is 3.56. The number of aryl methyl sites for hydroxylation is 1.